The summed E-state index contributed by atoms with van der Waals surface area (Å²) < 4.78 is 27.0. The molecule has 1 N–H and O–H groups in total. The fourth-order valence-electron chi connectivity index (χ4n) is 1.67. The van der Waals surface area contributed by atoms with Gasteiger partial charge in [0.15, 0.2) is 0 Å². The quantitative estimate of drug-likeness (QED) is 0.918. The predicted molar refractivity (Wildman–Crippen MR) is 85.0 cm³/mol. The van der Waals surface area contributed by atoms with Gasteiger partial charge >= 0.3 is 10.2 Å². The van der Waals surface area contributed by atoms with Gasteiger partial charge in [-0.25, -0.2) is 4.98 Å². The van der Waals surface area contributed by atoms with Gasteiger partial charge < -0.3 is 4.90 Å². The summed E-state index contributed by atoms with van der Waals surface area (Å²) in [5, 5.41) is 0. The van der Waals surface area contributed by atoms with Gasteiger partial charge in [-0.1, -0.05) is 18.2 Å². The van der Waals surface area contributed by atoms with Crippen LogP contribution >= 0.6 is 0 Å². The lowest BCUT2D eigenvalue weighted by Gasteiger charge is -2.19. The molecule has 0 spiro atoms. The highest BCUT2D eigenvalue weighted by molar-refractivity contribution is 7.90. The molecule has 0 radical (unpaired) electrons. The van der Waals surface area contributed by atoms with Gasteiger partial charge in [0.25, 0.3) is 0 Å². The molecule has 1 aromatic heterocycles. The van der Waals surface area contributed by atoms with Crippen molar-refractivity contribution in [1.82, 2.24) is 9.29 Å². The SMILES string of the molecule is CN(c1ccccc1)c1ccc(NS(=O)(=O)N(C)C)cn1. The summed E-state index contributed by atoms with van der Waals surface area (Å²) in [5.74, 6) is 0.731. The van der Waals surface area contributed by atoms with Crippen LogP contribution in [-0.4, -0.2) is 38.9 Å². The van der Waals surface area contributed by atoms with Crippen molar-refractivity contribution in [2.75, 3.05) is 30.8 Å². The molecule has 0 amide bonds. The number of para-hydroxylation sites is 1. The van der Waals surface area contributed by atoms with E-state index in [2.05, 4.69) is 9.71 Å². The molecule has 2 aromatic rings. The maximum atomic E-state index is 11.7. The first-order chi connectivity index (χ1) is 9.90. The van der Waals surface area contributed by atoms with Crippen LogP contribution in [0, 0.1) is 0 Å². The second-order valence-corrected chi connectivity index (χ2v) is 6.57. The topological polar surface area (TPSA) is 65.5 Å². The fourth-order valence-corrected chi connectivity index (χ4v) is 2.27. The Bertz CT molecular complexity index is 685. The standard InChI is InChI=1S/C14H18N4O2S/c1-17(2)21(19,20)16-12-9-10-14(15-11-12)18(3)13-7-5-4-6-8-13/h4-11,16H,1-3H3. The molecule has 0 fully saturated rings. The number of nitrogens with one attached hydrogen (secondary N) is 1. The third-order valence-corrected chi connectivity index (χ3v) is 4.42. The second-order valence-electron chi connectivity index (χ2n) is 4.69. The van der Waals surface area contributed by atoms with Crippen molar-refractivity contribution in [3.05, 3.63) is 48.7 Å². The maximum Gasteiger partial charge on any atom is 0.301 e. The summed E-state index contributed by atoms with van der Waals surface area (Å²) in [4.78, 5) is 6.20. The summed E-state index contributed by atoms with van der Waals surface area (Å²) in [6, 6.07) is 13.2. The molecule has 0 aliphatic heterocycles. The molecule has 112 valence electrons. The number of rotatable bonds is 5. The summed E-state index contributed by atoms with van der Waals surface area (Å²) in [5.41, 5.74) is 1.43. The molecule has 0 aliphatic carbocycles. The Kier molecular flexibility index (Phi) is 4.44. The Balaban J connectivity index is 2.16. The van der Waals surface area contributed by atoms with Crippen molar-refractivity contribution < 1.29 is 8.42 Å². The summed E-state index contributed by atoms with van der Waals surface area (Å²) in [6.07, 6.45) is 1.50. The molecule has 1 heterocycles. The lowest BCUT2D eigenvalue weighted by Crippen LogP contribution is -2.29. The molecule has 21 heavy (non-hydrogen) atoms. The van der Waals surface area contributed by atoms with E-state index in [-0.39, 0.29) is 0 Å². The molecule has 0 saturated heterocycles. The van der Waals surface area contributed by atoms with Crippen LogP contribution in [0.25, 0.3) is 0 Å². The Morgan fingerprint density at radius 3 is 2.19 bits per heavy atom. The molecule has 1 aromatic carbocycles. The highest BCUT2D eigenvalue weighted by Crippen LogP contribution is 2.22. The Morgan fingerprint density at radius 1 is 1.00 bits per heavy atom. The number of hydrogen-bond acceptors (Lipinski definition) is 4. The zero-order valence-electron chi connectivity index (χ0n) is 12.2. The van der Waals surface area contributed by atoms with E-state index in [1.807, 2.05) is 42.3 Å². The zero-order valence-corrected chi connectivity index (χ0v) is 13.0. The molecule has 0 aliphatic rings. The van der Waals surface area contributed by atoms with E-state index in [0.717, 1.165) is 15.8 Å². The molecule has 7 heteroatoms. The van der Waals surface area contributed by atoms with Crippen LogP contribution < -0.4 is 9.62 Å². The zero-order chi connectivity index (χ0) is 15.5. The number of aromatic nitrogens is 1. The van der Waals surface area contributed by atoms with Crippen molar-refractivity contribution in [1.29, 1.82) is 0 Å². The van der Waals surface area contributed by atoms with Crippen LogP contribution in [0.15, 0.2) is 48.7 Å². The Labute approximate surface area is 125 Å². The lowest BCUT2D eigenvalue weighted by atomic mass is 10.3. The van der Waals surface area contributed by atoms with Gasteiger partial charge in [0.2, 0.25) is 0 Å². The number of hydrogen-bond donors (Lipinski definition) is 1. The summed E-state index contributed by atoms with van der Waals surface area (Å²) >= 11 is 0. The third-order valence-electron chi connectivity index (χ3n) is 2.96. The van der Waals surface area contributed by atoms with Crippen molar-refractivity contribution in [2.45, 2.75) is 0 Å². The average Bonchev–Trinajstić information content (AvgIpc) is 2.48. The van der Waals surface area contributed by atoms with E-state index < -0.39 is 10.2 Å². The van der Waals surface area contributed by atoms with E-state index in [0.29, 0.717) is 5.69 Å². The monoisotopic (exact) mass is 306 g/mol. The minimum absolute atomic E-state index is 0.425. The highest BCUT2D eigenvalue weighted by Gasteiger charge is 2.13. The number of nitrogens with zero attached hydrogens (tertiary/aromatic N) is 3. The van der Waals surface area contributed by atoms with Crippen molar-refractivity contribution >= 4 is 27.4 Å². The van der Waals surface area contributed by atoms with E-state index >= 15 is 0 Å². The smallest absolute Gasteiger partial charge is 0.301 e. The number of benzene rings is 1. The highest BCUT2D eigenvalue weighted by atomic mass is 32.2. The fraction of sp³-hybridized carbons (Fsp3) is 0.214. The van der Waals surface area contributed by atoms with Crippen molar-refractivity contribution in [3.63, 3.8) is 0 Å². The van der Waals surface area contributed by atoms with Gasteiger partial charge in [-0.15, -0.1) is 0 Å². The first-order valence-corrected chi connectivity index (χ1v) is 7.79. The van der Waals surface area contributed by atoms with E-state index in [4.69, 9.17) is 0 Å². The van der Waals surface area contributed by atoms with E-state index in [9.17, 15) is 8.42 Å². The molecule has 0 atom stereocenters. The van der Waals surface area contributed by atoms with Gasteiger partial charge in [0.1, 0.15) is 5.82 Å². The van der Waals surface area contributed by atoms with Gasteiger partial charge in [-0.2, -0.15) is 12.7 Å². The van der Waals surface area contributed by atoms with Crippen LogP contribution in [0.1, 0.15) is 0 Å². The van der Waals surface area contributed by atoms with Crippen LogP contribution in [0.5, 0.6) is 0 Å². The maximum absolute atomic E-state index is 11.7. The van der Waals surface area contributed by atoms with Crippen molar-refractivity contribution in [3.8, 4) is 0 Å². The van der Waals surface area contributed by atoms with Crippen LogP contribution in [0.3, 0.4) is 0 Å². The van der Waals surface area contributed by atoms with Crippen LogP contribution in [-0.2, 0) is 10.2 Å². The lowest BCUT2D eigenvalue weighted by molar-refractivity contribution is 0.527. The molecular weight excluding hydrogens is 288 g/mol. The van der Waals surface area contributed by atoms with Crippen molar-refractivity contribution in [2.24, 2.45) is 0 Å². The van der Waals surface area contributed by atoms with Gasteiger partial charge in [0.05, 0.1) is 11.9 Å². The van der Waals surface area contributed by atoms with E-state index in [1.165, 1.54) is 20.3 Å². The predicted octanol–water partition coefficient (Wildman–Crippen LogP) is 2.07. The van der Waals surface area contributed by atoms with Gasteiger partial charge in [-0.3, -0.25) is 4.72 Å². The second kappa shape index (κ2) is 6.11. The molecular formula is C14H18N4O2S. The normalized spacial score (nSPS) is 11.4. The summed E-state index contributed by atoms with van der Waals surface area (Å²) in [7, 11) is 1.33. The number of pyridine rings is 1. The molecule has 6 nitrogen and oxygen atoms in total. The van der Waals surface area contributed by atoms with Gasteiger partial charge in [-0.05, 0) is 24.3 Å². The Hall–Kier alpha value is -2.12. The van der Waals surface area contributed by atoms with E-state index in [1.54, 1.807) is 12.1 Å². The summed E-state index contributed by atoms with van der Waals surface area (Å²) in [6.45, 7) is 0. The molecule has 0 saturated carbocycles. The van der Waals surface area contributed by atoms with Crippen LogP contribution in [0.4, 0.5) is 17.2 Å². The number of anilines is 3. The minimum Gasteiger partial charge on any atom is -0.329 e. The first-order valence-electron chi connectivity index (χ1n) is 6.35. The first kappa shape index (κ1) is 15.3. The minimum atomic E-state index is -3.51. The van der Waals surface area contributed by atoms with Crippen LogP contribution in [0.2, 0.25) is 0 Å². The Morgan fingerprint density at radius 2 is 1.67 bits per heavy atom. The average molecular weight is 306 g/mol. The van der Waals surface area contributed by atoms with Gasteiger partial charge in [0, 0.05) is 26.8 Å². The molecule has 0 unspecified atom stereocenters. The largest absolute Gasteiger partial charge is 0.329 e. The molecule has 0 bridgehead atoms. The molecule has 2 rings (SSSR count). The third kappa shape index (κ3) is 3.71.